The maximum absolute atomic E-state index is 13.0. The fraction of sp³-hybridized carbons (Fsp3) is 0.370. The zero-order valence-corrected chi connectivity index (χ0v) is 21.9. The molecule has 2 aromatic carbocycles. The number of carbonyl (C=O) groups is 5. The Balaban J connectivity index is 2.12. The molecule has 2 aromatic rings. The van der Waals surface area contributed by atoms with Crippen molar-refractivity contribution in [1.29, 1.82) is 0 Å². The lowest BCUT2D eigenvalue weighted by Gasteiger charge is -2.26. The molecule has 0 fully saturated rings. The van der Waals surface area contributed by atoms with Gasteiger partial charge in [-0.1, -0.05) is 42.5 Å². The van der Waals surface area contributed by atoms with E-state index in [2.05, 4.69) is 16.0 Å². The summed E-state index contributed by atoms with van der Waals surface area (Å²) in [7, 11) is 0. The van der Waals surface area contributed by atoms with E-state index in [0.29, 0.717) is 5.56 Å². The summed E-state index contributed by atoms with van der Waals surface area (Å²) in [5, 5.41) is 36.3. The largest absolute Gasteiger partial charge is 0.508 e. The van der Waals surface area contributed by atoms with Crippen LogP contribution in [0.15, 0.2) is 54.6 Å². The second kappa shape index (κ2) is 15.2. The van der Waals surface area contributed by atoms with Crippen LogP contribution in [0, 0.1) is 0 Å². The van der Waals surface area contributed by atoms with Crippen molar-refractivity contribution in [2.24, 2.45) is 11.5 Å². The van der Waals surface area contributed by atoms with E-state index in [-0.39, 0.29) is 31.4 Å². The standard InChI is InChI=1S/C27H35N5O8/c1-15(33)23(32-24(36)19(28)13-16-5-3-2-4-6-16)26(38)30-20(11-12-22(29)35)25(37)31-21(27(39)40)14-17-7-9-18(34)10-8-17/h2-10,15,19-21,23,33-34H,11-14,28H2,1H3,(H2,29,35)(H,30,38)(H,31,37)(H,32,36)(H,39,40). The average molecular weight is 558 g/mol. The fourth-order valence-corrected chi connectivity index (χ4v) is 3.78. The van der Waals surface area contributed by atoms with Gasteiger partial charge < -0.3 is 42.7 Å². The Bertz CT molecular complexity index is 1170. The third-order valence-electron chi connectivity index (χ3n) is 6.00. The SMILES string of the molecule is CC(O)C(NC(=O)C(N)Cc1ccccc1)C(=O)NC(CCC(N)=O)C(=O)NC(Cc1ccc(O)cc1)C(=O)O. The van der Waals surface area contributed by atoms with Gasteiger partial charge in [0.2, 0.25) is 23.6 Å². The first-order valence-corrected chi connectivity index (χ1v) is 12.5. The molecule has 2 rings (SSSR count). The Labute approximate surface area is 230 Å². The van der Waals surface area contributed by atoms with Gasteiger partial charge in [0, 0.05) is 12.8 Å². The lowest BCUT2D eigenvalue weighted by Crippen LogP contribution is -2.60. The predicted molar refractivity (Wildman–Crippen MR) is 143 cm³/mol. The van der Waals surface area contributed by atoms with Gasteiger partial charge >= 0.3 is 5.97 Å². The highest BCUT2D eigenvalue weighted by atomic mass is 16.4. The molecule has 0 saturated heterocycles. The number of hydrogen-bond donors (Lipinski definition) is 8. The molecule has 40 heavy (non-hydrogen) atoms. The molecule has 0 saturated carbocycles. The number of nitrogens with two attached hydrogens (primary N) is 2. The van der Waals surface area contributed by atoms with Crippen LogP contribution < -0.4 is 27.4 Å². The zero-order chi connectivity index (χ0) is 29.8. The fourth-order valence-electron chi connectivity index (χ4n) is 3.78. The minimum atomic E-state index is -1.51. The second-order valence-corrected chi connectivity index (χ2v) is 9.36. The third-order valence-corrected chi connectivity index (χ3v) is 6.00. The monoisotopic (exact) mass is 557 g/mol. The normalized spacial score (nSPS) is 14.6. The van der Waals surface area contributed by atoms with Gasteiger partial charge in [0.15, 0.2) is 0 Å². The Morgan fingerprint density at radius 3 is 1.93 bits per heavy atom. The number of aromatic hydroxyl groups is 1. The van der Waals surface area contributed by atoms with Crippen LogP contribution >= 0.6 is 0 Å². The summed E-state index contributed by atoms with van der Waals surface area (Å²) < 4.78 is 0. The minimum absolute atomic E-state index is 0.0188. The van der Waals surface area contributed by atoms with E-state index in [1.54, 1.807) is 30.3 Å². The summed E-state index contributed by atoms with van der Waals surface area (Å²) in [6.45, 7) is 1.25. The van der Waals surface area contributed by atoms with Crippen molar-refractivity contribution in [3.8, 4) is 5.75 Å². The van der Waals surface area contributed by atoms with Crippen LogP contribution in [0.5, 0.6) is 5.75 Å². The molecule has 13 heteroatoms. The van der Waals surface area contributed by atoms with Gasteiger partial charge in [0.25, 0.3) is 0 Å². The number of carboxylic acid groups (broad SMARTS) is 1. The molecule has 0 bridgehead atoms. The average Bonchev–Trinajstić information content (AvgIpc) is 2.90. The Hall–Kier alpha value is -4.49. The van der Waals surface area contributed by atoms with Crippen LogP contribution in [0.4, 0.5) is 0 Å². The Morgan fingerprint density at radius 2 is 1.38 bits per heavy atom. The van der Waals surface area contributed by atoms with Gasteiger partial charge in [0.1, 0.15) is 23.9 Å². The van der Waals surface area contributed by atoms with Crippen molar-refractivity contribution in [3.05, 3.63) is 65.7 Å². The van der Waals surface area contributed by atoms with Gasteiger partial charge in [0.05, 0.1) is 12.1 Å². The van der Waals surface area contributed by atoms with Crippen molar-refractivity contribution in [2.75, 3.05) is 0 Å². The highest BCUT2D eigenvalue weighted by Crippen LogP contribution is 2.12. The van der Waals surface area contributed by atoms with Gasteiger partial charge in [-0.05, 0) is 43.0 Å². The highest BCUT2D eigenvalue weighted by Gasteiger charge is 2.32. The van der Waals surface area contributed by atoms with Crippen molar-refractivity contribution in [1.82, 2.24) is 16.0 Å². The number of aliphatic hydroxyl groups is 1. The summed E-state index contributed by atoms with van der Waals surface area (Å²) in [6.07, 6.45) is -1.95. The van der Waals surface area contributed by atoms with Crippen molar-refractivity contribution < 1.29 is 39.3 Å². The Kier molecular flexibility index (Phi) is 12.0. The first kappa shape index (κ1) is 31.7. The van der Waals surface area contributed by atoms with E-state index in [1.165, 1.54) is 31.2 Å². The smallest absolute Gasteiger partial charge is 0.326 e. The first-order chi connectivity index (χ1) is 18.9. The molecule has 5 atom stereocenters. The number of phenolic OH excluding ortho intramolecular Hbond substituents is 1. The molecule has 4 amide bonds. The minimum Gasteiger partial charge on any atom is -0.508 e. The van der Waals surface area contributed by atoms with Crippen molar-refractivity contribution in [3.63, 3.8) is 0 Å². The van der Waals surface area contributed by atoms with Gasteiger partial charge in [-0.3, -0.25) is 19.2 Å². The summed E-state index contributed by atoms with van der Waals surface area (Å²) in [5.74, 6) is -4.74. The number of primary amides is 1. The molecular formula is C27H35N5O8. The summed E-state index contributed by atoms with van der Waals surface area (Å²) in [4.78, 5) is 61.9. The number of hydrogen-bond acceptors (Lipinski definition) is 8. The number of benzene rings is 2. The summed E-state index contributed by atoms with van der Waals surface area (Å²) in [5.41, 5.74) is 12.5. The number of carbonyl (C=O) groups excluding carboxylic acids is 4. The molecule has 10 N–H and O–H groups in total. The topological polar surface area (TPSA) is 234 Å². The van der Waals surface area contributed by atoms with E-state index in [0.717, 1.165) is 5.56 Å². The van der Waals surface area contributed by atoms with Gasteiger partial charge in [-0.2, -0.15) is 0 Å². The number of nitrogens with one attached hydrogen (secondary N) is 3. The van der Waals surface area contributed by atoms with Crippen molar-refractivity contribution in [2.45, 2.75) is 62.9 Å². The molecule has 13 nitrogen and oxygen atoms in total. The quantitative estimate of drug-likeness (QED) is 0.130. The zero-order valence-electron chi connectivity index (χ0n) is 21.9. The van der Waals surface area contributed by atoms with Crippen LogP contribution in [0.25, 0.3) is 0 Å². The van der Waals surface area contributed by atoms with Crippen LogP contribution in [0.2, 0.25) is 0 Å². The van der Waals surface area contributed by atoms with Crippen LogP contribution in [-0.4, -0.2) is 75.2 Å². The number of rotatable bonds is 15. The molecule has 0 heterocycles. The number of phenols is 1. The second-order valence-electron chi connectivity index (χ2n) is 9.36. The summed E-state index contributed by atoms with van der Waals surface area (Å²) >= 11 is 0. The third kappa shape index (κ3) is 10.3. The highest BCUT2D eigenvalue weighted by molar-refractivity contribution is 5.94. The molecule has 216 valence electrons. The molecule has 0 radical (unpaired) electrons. The van der Waals surface area contributed by atoms with E-state index in [9.17, 15) is 39.3 Å². The number of aliphatic hydroxyl groups excluding tert-OH is 1. The van der Waals surface area contributed by atoms with Gasteiger partial charge in [-0.15, -0.1) is 0 Å². The lowest BCUT2D eigenvalue weighted by atomic mass is 10.0. The van der Waals surface area contributed by atoms with E-state index >= 15 is 0 Å². The maximum Gasteiger partial charge on any atom is 0.326 e. The van der Waals surface area contributed by atoms with Crippen LogP contribution in [0.3, 0.4) is 0 Å². The number of aliphatic carboxylic acids is 1. The molecule has 0 aromatic heterocycles. The summed E-state index contributed by atoms with van der Waals surface area (Å²) in [6, 6.07) is 9.25. The number of amides is 4. The van der Waals surface area contributed by atoms with E-state index in [4.69, 9.17) is 11.5 Å². The molecule has 5 unspecified atom stereocenters. The molecule has 0 aliphatic heterocycles. The van der Waals surface area contributed by atoms with E-state index in [1.807, 2.05) is 0 Å². The van der Waals surface area contributed by atoms with E-state index < -0.39 is 59.9 Å². The molecule has 0 aliphatic rings. The van der Waals surface area contributed by atoms with Gasteiger partial charge in [-0.25, -0.2) is 4.79 Å². The maximum atomic E-state index is 13.0. The van der Waals surface area contributed by atoms with Crippen LogP contribution in [0.1, 0.15) is 30.9 Å². The predicted octanol–water partition coefficient (Wildman–Crippen LogP) is -1.31. The molecule has 0 aliphatic carbocycles. The lowest BCUT2D eigenvalue weighted by molar-refractivity contribution is -0.142. The number of carboxylic acids is 1. The van der Waals surface area contributed by atoms with Crippen molar-refractivity contribution >= 4 is 29.6 Å². The first-order valence-electron chi connectivity index (χ1n) is 12.5. The molecular weight excluding hydrogens is 522 g/mol. The molecule has 0 spiro atoms. The Morgan fingerprint density at radius 1 is 0.800 bits per heavy atom. The van der Waals surface area contributed by atoms with Crippen LogP contribution in [-0.2, 0) is 36.8 Å².